The Bertz CT molecular complexity index is 1820. The number of hydrogen-bond donors (Lipinski definition) is 4. The minimum atomic E-state index is -3.92. The van der Waals surface area contributed by atoms with Crippen molar-refractivity contribution in [3.63, 3.8) is 0 Å². The van der Waals surface area contributed by atoms with Crippen LogP contribution in [0.3, 0.4) is 0 Å². The van der Waals surface area contributed by atoms with Crippen LogP contribution in [0.15, 0.2) is 25.3 Å². The summed E-state index contributed by atoms with van der Waals surface area (Å²) in [7, 11) is -7.11. The molecule has 0 amide bonds. The molecule has 4 aromatic heterocycles. The highest BCUT2D eigenvalue weighted by Crippen LogP contribution is 2.54. The number of nitrogens with zero attached hydrogens (tertiary/aromatic N) is 8. The Morgan fingerprint density at radius 2 is 1.67 bits per heavy atom. The van der Waals surface area contributed by atoms with Crippen LogP contribution in [0.1, 0.15) is 32.0 Å². The molecule has 6 N–H and O–H groups in total. The van der Waals surface area contributed by atoms with Gasteiger partial charge in [0.25, 0.3) is 0 Å². The summed E-state index contributed by atoms with van der Waals surface area (Å²) in [6, 6.07) is -0.576. The molecule has 2 unspecified atom stereocenters. The van der Waals surface area contributed by atoms with E-state index in [1.165, 1.54) is 36.5 Å². The molecule has 19 nitrogen and oxygen atoms in total. The molecule has 2 saturated heterocycles. The molecule has 242 valence electrons. The molecule has 7 rings (SSSR count). The van der Waals surface area contributed by atoms with Crippen molar-refractivity contribution in [3.05, 3.63) is 25.3 Å². The Balaban J connectivity index is 1.20. The van der Waals surface area contributed by atoms with Gasteiger partial charge in [-0.05, 0) is 6.42 Å². The molecular formula is C24H32N10O9P2. The molecule has 0 spiro atoms. The van der Waals surface area contributed by atoms with Gasteiger partial charge in [-0.25, -0.2) is 29.9 Å². The highest BCUT2D eigenvalue weighted by Gasteiger charge is 2.52. The number of imidazole rings is 2. The van der Waals surface area contributed by atoms with E-state index in [9.17, 15) is 19.3 Å². The Kier molecular flexibility index (Phi) is 7.66. The van der Waals surface area contributed by atoms with Crippen molar-refractivity contribution in [2.75, 3.05) is 31.3 Å². The highest BCUT2D eigenvalue weighted by atomic mass is 31.2. The van der Waals surface area contributed by atoms with Crippen LogP contribution in [0.2, 0.25) is 0 Å². The summed E-state index contributed by atoms with van der Waals surface area (Å²) in [5.41, 5.74) is 12.3. The van der Waals surface area contributed by atoms with Gasteiger partial charge in [0.1, 0.15) is 42.0 Å². The largest absolute Gasteiger partial charge is 0.391 e. The minimum absolute atomic E-state index is 0.0331. The third-order valence-corrected chi connectivity index (χ3v) is 10.7. The molecule has 3 fully saturated rings. The maximum Gasteiger partial charge on any atom is 0.328 e. The van der Waals surface area contributed by atoms with Crippen LogP contribution in [0, 0.1) is 5.41 Å². The number of aliphatic hydroxyl groups excluding tert-OH is 2. The zero-order valence-corrected chi connectivity index (χ0v) is 26.0. The minimum Gasteiger partial charge on any atom is -0.391 e. The molecule has 0 aromatic carbocycles. The molecule has 10 atom stereocenters. The topological polar surface area (TPSA) is 260 Å². The number of nitrogens with two attached hydrogens (primary N) is 2. The van der Waals surface area contributed by atoms with Gasteiger partial charge in [0, 0.05) is 18.5 Å². The van der Waals surface area contributed by atoms with E-state index in [4.69, 9.17) is 34.3 Å². The van der Waals surface area contributed by atoms with E-state index in [1.807, 2.05) is 6.92 Å². The molecule has 6 heterocycles. The summed E-state index contributed by atoms with van der Waals surface area (Å²) in [6.07, 6.45) is -0.859. The van der Waals surface area contributed by atoms with Crippen LogP contribution in [0.5, 0.6) is 0 Å². The normalized spacial score (nSPS) is 38.0. The number of anilines is 2. The Morgan fingerprint density at radius 3 is 2.36 bits per heavy atom. The van der Waals surface area contributed by atoms with Gasteiger partial charge in [0.05, 0.1) is 44.1 Å². The van der Waals surface area contributed by atoms with E-state index in [1.54, 1.807) is 4.57 Å². The van der Waals surface area contributed by atoms with Gasteiger partial charge >= 0.3 is 15.9 Å². The first kappa shape index (κ1) is 30.5. The Labute approximate surface area is 255 Å². The second-order valence-corrected chi connectivity index (χ2v) is 14.8. The summed E-state index contributed by atoms with van der Waals surface area (Å²) in [6.45, 7) is 2.56. The summed E-state index contributed by atoms with van der Waals surface area (Å²) in [4.78, 5) is 25.0. The molecule has 1 saturated carbocycles. The number of nitrogen functional groups attached to an aromatic ring is 2. The first-order chi connectivity index (χ1) is 21.4. The quantitative estimate of drug-likeness (QED) is 0.216. The predicted octanol–water partition coefficient (Wildman–Crippen LogP) is 0.821. The maximum atomic E-state index is 13.9. The fraction of sp³-hybridized carbons (Fsp3) is 0.583. The summed E-state index contributed by atoms with van der Waals surface area (Å²) in [5.74, 6) is 0.329. The number of rotatable bonds is 2. The third kappa shape index (κ3) is 5.41. The van der Waals surface area contributed by atoms with E-state index >= 15 is 0 Å². The lowest BCUT2D eigenvalue weighted by atomic mass is 9.70. The molecule has 0 radical (unpaired) electrons. The van der Waals surface area contributed by atoms with Crippen molar-refractivity contribution in [3.8, 4) is 0 Å². The average molecular weight is 667 g/mol. The lowest BCUT2D eigenvalue weighted by Gasteiger charge is -2.46. The second-order valence-electron chi connectivity index (χ2n) is 11.7. The number of aliphatic hydroxyl groups is 2. The molecule has 2 bridgehead atoms. The van der Waals surface area contributed by atoms with Gasteiger partial charge in [-0.2, -0.15) is 0 Å². The fourth-order valence-corrected chi connectivity index (χ4v) is 8.45. The van der Waals surface area contributed by atoms with Gasteiger partial charge in [-0.3, -0.25) is 18.2 Å². The van der Waals surface area contributed by atoms with E-state index < -0.39 is 64.1 Å². The van der Waals surface area contributed by atoms with Crippen LogP contribution < -0.4 is 11.5 Å². The first-order valence-corrected chi connectivity index (χ1v) is 17.3. The highest BCUT2D eigenvalue weighted by molar-refractivity contribution is 7.53. The van der Waals surface area contributed by atoms with Crippen molar-refractivity contribution in [1.29, 1.82) is 0 Å². The predicted molar refractivity (Wildman–Crippen MR) is 156 cm³/mol. The van der Waals surface area contributed by atoms with Crippen LogP contribution >= 0.6 is 15.9 Å². The van der Waals surface area contributed by atoms with E-state index in [-0.39, 0.29) is 37.7 Å². The zero-order valence-electron chi connectivity index (χ0n) is 24.1. The van der Waals surface area contributed by atoms with Crippen molar-refractivity contribution in [2.45, 2.75) is 62.6 Å². The van der Waals surface area contributed by atoms with Gasteiger partial charge in [0.15, 0.2) is 29.2 Å². The maximum absolute atomic E-state index is 13.9. The van der Waals surface area contributed by atoms with Crippen molar-refractivity contribution in [1.82, 2.24) is 39.0 Å². The molecule has 2 aliphatic heterocycles. The van der Waals surface area contributed by atoms with Crippen LogP contribution in [-0.2, 0) is 32.0 Å². The van der Waals surface area contributed by atoms with Gasteiger partial charge in [0.2, 0.25) is 0 Å². The van der Waals surface area contributed by atoms with Gasteiger partial charge < -0.3 is 44.6 Å². The third-order valence-electron chi connectivity index (χ3n) is 8.62. The van der Waals surface area contributed by atoms with E-state index in [0.29, 0.717) is 22.3 Å². The molecule has 1 aliphatic carbocycles. The molecular weight excluding hydrogens is 634 g/mol. The summed E-state index contributed by atoms with van der Waals surface area (Å²) < 4.78 is 59.7. The SMILES string of the molecule is C[C@@]12COP(C)(=O)O[C@@H]3[C@H](O)[C@@H](CO[PH](=O)O[C@H]1C[C@@H](O)[C@H](n1cnc4c(N)ncnc41)C2)O[C@H]3n1cnc2c(N)ncnc21. The number of fused-ring (bicyclic) bond motifs is 5. The fourth-order valence-electron chi connectivity index (χ4n) is 6.21. The zero-order chi connectivity index (χ0) is 31.7. The number of ether oxygens (including phenoxy) is 1. The van der Waals surface area contributed by atoms with E-state index in [0.717, 1.165) is 0 Å². The van der Waals surface area contributed by atoms with Crippen LogP contribution in [0.4, 0.5) is 11.6 Å². The monoisotopic (exact) mass is 666 g/mol. The van der Waals surface area contributed by atoms with E-state index in [2.05, 4.69) is 29.9 Å². The standard InChI is InChI=1S/C24H32N10O9P2/c1-24-4-11(33-9-31-15-19(25)27-7-29-21(15)33)12(35)3-14(24)42-44(37)39-5-13-17(36)18(43-45(2,38)40-6-24)23(41-13)34-10-32-16-20(26)28-8-30-22(16)34/h7-14,17-18,23,35-36,44H,3-6H2,1-2H3,(H2,25,27,29)(H2,26,28,30)/t11-,12-,13-,14+,17-,18-,23-,24-,45?/m1/s1. The van der Waals surface area contributed by atoms with Crippen molar-refractivity contribution < 1.29 is 42.2 Å². The van der Waals surface area contributed by atoms with Crippen molar-refractivity contribution >= 4 is 49.8 Å². The average Bonchev–Trinajstić information content (AvgIpc) is 3.70. The van der Waals surface area contributed by atoms with Crippen molar-refractivity contribution in [2.24, 2.45) is 5.41 Å². The summed E-state index contributed by atoms with van der Waals surface area (Å²) >= 11 is 0. The number of aromatic nitrogens is 8. The lowest BCUT2D eigenvalue weighted by Crippen LogP contribution is -2.49. The smallest absolute Gasteiger partial charge is 0.328 e. The van der Waals surface area contributed by atoms with Crippen LogP contribution in [-0.4, -0.2) is 99.6 Å². The Morgan fingerprint density at radius 1 is 1.02 bits per heavy atom. The number of hydrogen-bond acceptors (Lipinski definition) is 17. The molecule has 3 aliphatic rings. The van der Waals surface area contributed by atoms with Gasteiger partial charge in [-0.1, -0.05) is 6.92 Å². The van der Waals surface area contributed by atoms with Crippen LogP contribution in [0.25, 0.3) is 22.3 Å². The molecule has 45 heavy (non-hydrogen) atoms. The van der Waals surface area contributed by atoms with Gasteiger partial charge in [-0.15, -0.1) is 0 Å². The second kappa shape index (κ2) is 11.3. The molecule has 4 aromatic rings. The first-order valence-electron chi connectivity index (χ1n) is 14.1. The Hall–Kier alpha value is -3.12. The lowest BCUT2D eigenvalue weighted by molar-refractivity contribution is -0.0884. The summed E-state index contributed by atoms with van der Waals surface area (Å²) in [5, 5.41) is 22.5. The molecule has 21 heteroatoms.